The molecule has 13 heteroatoms. The second-order valence-corrected chi connectivity index (χ2v) is 11.3. The third-order valence-corrected chi connectivity index (χ3v) is 8.41. The van der Waals surface area contributed by atoms with Gasteiger partial charge < -0.3 is 29.5 Å². The first kappa shape index (κ1) is 31.5. The van der Waals surface area contributed by atoms with Crippen molar-refractivity contribution in [1.82, 2.24) is 25.1 Å². The van der Waals surface area contributed by atoms with Gasteiger partial charge in [-0.3, -0.25) is 9.97 Å². The molecule has 44 heavy (non-hydrogen) atoms. The highest BCUT2D eigenvalue weighted by molar-refractivity contribution is 7.80. The molecule has 2 saturated heterocycles. The summed E-state index contributed by atoms with van der Waals surface area (Å²) in [7, 11) is 1.61. The number of ether oxygens (including phenoxy) is 2. The van der Waals surface area contributed by atoms with Crippen molar-refractivity contribution in [2.24, 2.45) is 0 Å². The van der Waals surface area contributed by atoms with Crippen LogP contribution < -0.4 is 19.7 Å². The van der Waals surface area contributed by atoms with E-state index in [9.17, 15) is 18.4 Å². The topological polar surface area (TPSA) is 89.8 Å². The summed E-state index contributed by atoms with van der Waals surface area (Å²) in [4.78, 5) is 14.7. The van der Waals surface area contributed by atoms with Crippen molar-refractivity contribution in [2.45, 2.75) is 38.4 Å². The molecule has 0 amide bonds. The third-order valence-electron chi connectivity index (χ3n) is 8.01. The molecule has 234 valence electrons. The number of nitrogens with one attached hydrogen (secondary N) is 1. The van der Waals surface area contributed by atoms with E-state index in [1.165, 1.54) is 31.5 Å². The fourth-order valence-electron chi connectivity index (χ4n) is 5.65. The highest BCUT2D eigenvalue weighted by Crippen LogP contribution is 2.38. The van der Waals surface area contributed by atoms with Crippen molar-refractivity contribution in [3.63, 3.8) is 0 Å². The van der Waals surface area contributed by atoms with Gasteiger partial charge in [0.2, 0.25) is 0 Å². The van der Waals surface area contributed by atoms with E-state index in [4.69, 9.17) is 21.7 Å². The molecule has 0 atom stereocenters. The summed E-state index contributed by atoms with van der Waals surface area (Å²) in [5, 5.41) is 14.4. The SMILES string of the molecule is COc1cc2c(N3CCN(C(=S)NCc4ccc(C(F)(F)F)nc4)CC3)c(C#N)cnc2cc1OCCCN1CCCCC1. The smallest absolute Gasteiger partial charge is 0.433 e. The Morgan fingerprint density at radius 1 is 1.02 bits per heavy atom. The maximum absolute atomic E-state index is 12.8. The molecule has 1 N–H and O–H groups in total. The van der Waals surface area contributed by atoms with Crippen molar-refractivity contribution in [1.29, 1.82) is 5.26 Å². The average Bonchev–Trinajstić information content (AvgIpc) is 3.05. The molecule has 2 aromatic heterocycles. The van der Waals surface area contributed by atoms with Crippen molar-refractivity contribution < 1.29 is 22.6 Å². The Labute approximate surface area is 260 Å². The number of benzene rings is 1. The van der Waals surface area contributed by atoms with E-state index < -0.39 is 11.9 Å². The van der Waals surface area contributed by atoms with Crippen LogP contribution in [0.25, 0.3) is 10.9 Å². The summed E-state index contributed by atoms with van der Waals surface area (Å²) in [5.41, 5.74) is 1.65. The number of nitriles is 1. The number of piperidine rings is 1. The molecule has 0 unspecified atom stereocenters. The van der Waals surface area contributed by atoms with E-state index in [2.05, 4.69) is 31.2 Å². The quantitative estimate of drug-likeness (QED) is 0.259. The Hall–Kier alpha value is -3.89. The lowest BCUT2D eigenvalue weighted by atomic mass is 10.1. The number of nitrogens with zero attached hydrogens (tertiary/aromatic N) is 6. The molecule has 5 rings (SSSR count). The molecule has 0 radical (unpaired) electrons. The Morgan fingerprint density at radius 3 is 2.45 bits per heavy atom. The number of rotatable bonds is 9. The highest BCUT2D eigenvalue weighted by Gasteiger charge is 2.32. The number of hydrogen-bond donors (Lipinski definition) is 1. The second kappa shape index (κ2) is 14.3. The van der Waals surface area contributed by atoms with Gasteiger partial charge in [-0.15, -0.1) is 0 Å². The number of alkyl halides is 3. The molecule has 0 saturated carbocycles. The summed E-state index contributed by atoms with van der Waals surface area (Å²) in [6.45, 7) is 6.58. The molecule has 2 aliphatic rings. The number of hydrogen-bond acceptors (Lipinski definition) is 8. The average molecular weight is 628 g/mol. The standard InChI is InChI=1S/C31H36F3N7O2S/c1-42-26-16-24-25(17-27(26)43-15-5-10-39-8-3-2-4-9-39)36-21-23(18-35)29(24)40-11-13-41(14-12-40)30(44)38-20-22-6-7-28(37-19-22)31(32,33)34/h6-7,16-17,19,21H,2-5,8-15,20H2,1H3,(H,38,44). The number of fused-ring (bicyclic) bond motifs is 1. The second-order valence-electron chi connectivity index (χ2n) is 10.9. The van der Waals surface area contributed by atoms with Crippen LogP contribution >= 0.6 is 12.2 Å². The number of likely N-dealkylation sites (tertiary alicyclic amines) is 1. The molecule has 4 heterocycles. The van der Waals surface area contributed by atoms with Crippen LogP contribution in [0.4, 0.5) is 18.9 Å². The summed E-state index contributed by atoms with van der Waals surface area (Å²) in [6, 6.07) is 8.42. The van der Waals surface area contributed by atoms with E-state index in [1.807, 2.05) is 17.0 Å². The van der Waals surface area contributed by atoms with Gasteiger partial charge in [-0.25, -0.2) is 0 Å². The molecule has 3 aromatic rings. The van der Waals surface area contributed by atoms with Gasteiger partial charge in [0.1, 0.15) is 11.8 Å². The number of pyridine rings is 2. The van der Waals surface area contributed by atoms with E-state index in [-0.39, 0.29) is 6.54 Å². The molecule has 0 bridgehead atoms. The Bertz CT molecular complexity index is 1480. The van der Waals surface area contributed by atoms with Gasteiger partial charge in [0, 0.05) is 63.1 Å². The van der Waals surface area contributed by atoms with Crippen LogP contribution in [0, 0.1) is 11.3 Å². The lowest BCUT2D eigenvalue weighted by Crippen LogP contribution is -2.51. The zero-order chi connectivity index (χ0) is 31.1. The summed E-state index contributed by atoms with van der Waals surface area (Å²) < 4.78 is 50.2. The Balaban J connectivity index is 1.21. The maximum atomic E-state index is 12.8. The zero-order valence-corrected chi connectivity index (χ0v) is 25.5. The van der Waals surface area contributed by atoms with E-state index in [1.54, 1.807) is 13.3 Å². The largest absolute Gasteiger partial charge is 0.493 e. The van der Waals surface area contributed by atoms with Crippen LogP contribution in [-0.2, 0) is 12.7 Å². The van der Waals surface area contributed by atoms with Crippen LogP contribution in [0.3, 0.4) is 0 Å². The first-order chi connectivity index (χ1) is 21.3. The van der Waals surface area contributed by atoms with Crippen LogP contribution in [-0.4, -0.2) is 84.4 Å². The number of thiocarbonyl (C=S) groups is 1. The van der Waals surface area contributed by atoms with Crippen molar-refractivity contribution in [3.8, 4) is 17.6 Å². The van der Waals surface area contributed by atoms with Crippen molar-refractivity contribution in [2.75, 3.05) is 64.4 Å². The van der Waals surface area contributed by atoms with Gasteiger partial charge in [-0.05, 0) is 62.3 Å². The molecule has 0 spiro atoms. The number of methoxy groups -OCH3 is 1. The first-order valence-electron chi connectivity index (χ1n) is 14.8. The van der Waals surface area contributed by atoms with Gasteiger partial charge in [-0.1, -0.05) is 12.5 Å². The van der Waals surface area contributed by atoms with E-state index in [0.717, 1.165) is 48.7 Å². The van der Waals surface area contributed by atoms with Crippen LogP contribution in [0.15, 0.2) is 36.7 Å². The number of halogens is 3. The highest BCUT2D eigenvalue weighted by atomic mass is 32.1. The van der Waals surface area contributed by atoms with E-state index >= 15 is 0 Å². The zero-order valence-electron chi connectivity index (χ0n) is 24.7. The minimum atomic E-state index is -4.47. The van der Waals surface area contributed by atoms with Gasteiger partial charge in [0.25, 0.3) is 0 Å². The minimum Gasteiger partial charge on any atom is -0.493 e. The maximum Gasteiger partial charge on any atom is 0.433 e. The molecule has 2 aliphatic heterocycles. The molecule has 1 aromatic carbocycles. The summed E-state index contributed by atoms with van der Waals surface area (Å²) >= 11 is 5.57. The van der Waals surface area contributed by atoms with Crippen molar-refractivity contribution >= 4 is 33.9 Å². The van der Waals surface area contributed by atoms with Gasteiger partial charge >= 0.3 is 6.18 Å². The van der Waals surface area contributed by atoms with Gasteiger partial charge in [0.05, 0.1) is 30.5 Å². The minimum absolute atomic E-state index is 0.264. The summed E-state index contributed by atoms with van der Waals surface area (Å²) in [5.74, 6) is 1.22. The predicted molar refractivity (Wildman–Crippen MR) is 166 cm³/mol. The van der Waals surface area contributed by atoms with Crippen LogP contribution in [0.1, 0.15) is 42.5 Å². The Kier molecular flexibility index (Phi) is 10.2. The van der Waals surface area contributed by atoms with Gasteiger partial charge in [0.15, 0.2) is 16.6 Å². The fourth-order valence-corrected chi connectivity index (χ4v) is 5.91. The number of piperazine rings is 1. The van der Waals surface area contributed by atoms with Gasteiger partial charge in [-0.2, -0.15) is 18.4 Å². The molecule has 2 fully saturated rings. The van der Waals surface area contributed by atoms with Crippen LogP contribution in [0.2, 0.25) is 0 Å². The number of aromatic nitrogens is 2. The first-order valence-corrected chi connectivity index (χ1v) is 15.2. The van der Waals surface area contributed by atoms with Crippen molar-refractivity contribution in [3.05, 3.63) is 53.5 Å². The van der Waals surface area contributed by atoms with Crippen LogP contribution in [0.5, 0.6) is 11.5 Å². The fraction of sp³-hybridized carbons (Fsp3) is 0.484. The summed E-state index contributed by atoms with van der Waals surface area (Å²) in [6.07, 6.45) is 3.10. The molecular weight excluding hydrogens is 591 g/mol. The normalized spacial score (nSPS) is 16.1. The number of anilines is 1. The molecule has 9 nitrogen and oxygen atoms in total. The monoisotopic (exact) mass is 627 g/mol. The lowest BCUT2D eigenvalue weighted by molar-refractivity contribution is -0.141. The molecular formula is C31H36F3N7O2S. The Morgan fingerprint density at radius 2 is 1.80 bits per heavy atom. The lowest BCUT2D eigenvalue weighted by Gasteiger charge is -2.38. The third kappa shape index (κ3) is 7.60. The molecule has 0 aliphatic carbocycles. The predicted octanol–water partition coefficient (Wildman–Crippen LogP) is 4.98. The van der Waals surface area contributed by atoms with E-state index in [0.29, 0.717) is 60.5 Å².